The van der Waals surface area contributed by atoms with Gasteiger partial charge in [0.2, 0.25) is 0 Å². The summed E-state index contributed by atoms with van der Waals surface area (Å²) in [4.78, 5) is 4.97. The molecule has 0 amide bonds. The summed E-state index contributed by atoms with van der Waals surface area (Å²) in [6.45, 7) is 2.19. The largest absolute Gasteiger partial charge is 0.355 e. The van der Waals surface area contributed by atoms with Crippen LogP contribution in [0.3, 0.4) is 0 Å². The molecule has 24 heavy (non-hydrogen) atoms. The maximum atomic E-state index is 4.97. The number of rotatable bonds is 3. The zero-order valence-corrected chi connectivity index (χ0v) is 14.3. The molecule has 0 unspecified atom stereocenters. The molecular weight excluding hydrogens is 292 g/mol. The number of fused-ring (bicyclic) bond motifs is 2. The van der Waals surface area contributed by atoms with E-state index >= 15 is 0 Å². The molecule has 0 fully saturated rings. The molecule has 4 rings (SSSR count). The first-order valence-corrected chi connectivity index (χ1v) is 9.11. The Morgan fingerprint density at radius 3 is 2.54 bits per heavy atom. The number of nitrogens with zero attached hydrogens (tertiary/aromatic N) is 1. The highest BCUT2D eigenvalue weighted by atomic mass is 14.9. The van der Waals surface area contributed by atoms with Gasteiger partial charge in [0.1, 0.15) is 0 Å². The molecule has 0 bridgehead atoms. The molecule has 0 radical (unpaired) electrons. The Hall–Kier alpha value is -2.35. The van der Waals surface area contributed by atoms with Crippen molar-refractivity contribution in [2.24, 2.45) is 0 Å². The summed E-state index contributed by atoms with van der Waals surface area (Å²) in [5.41, 5.74) is 7.62. The van der Waals surface area contributed by atoms with Crippen molar-refractivity contribution >= 4 is 22.3 Å². The molecule has 2 heteroatoms. The summed E-state index contributed by atoms with van der Waals surface area (Å²) < 4.78 is 0. The first-order chi connectivity index (χ1) is 11.8. The van der Waals surface area contributed by atoms with Crippen molar-refractivity contribution in [3.63, 3.8) is 0 Å². The van der Waals surface area contributed by atoms with Crippen molar-refractivity contribution in [3.8, 4) is 0 Å². The molecular formula is C22H24N2. The third-order valence-electron chi connectivity index (χ3n) is 5.05. The van der Waals surface area contributed by atoms with Gasteiger partial charge in [-0.3, -0.25) is 4.98 Å². The van der Waals surface area contributed by atoms with Crippen LogP contribution in [0.4, 0.5) is 11.4 Å². The van der Waals surface area contributed by atoms with Crippen LogP contribution in [0, 0.1) is 0 Å². The van der Waals surface area contributed by atoms with E-state index in [0.29, 0.717) is 0 Å². The minimum atomic E-state index is 1.08. The molecule has 122 valence electrons. The van der Waals surface area contributed by atoms with Crippen LogP contribution in [-0.4, -0.2) is 4.98 Å². The summed E-state index contributed by atoms with van der Waals surface area (Å²) in [7, 11) is 0. The van der Waals surface area contributed by atoms with Crippen LogP contribution in [0.15, 0.2) is 48.5 Å². The van der Waals surface area contributed by atoms with Crippen molar-refractivity contribution < 1.29 is 0 Å². The van der Waals surface area contributed by atoms with E-state index in [-0.39, 0.29) is 0 Å². The lowest BCUT2D eigenvalue weighted by atomic mass is 10.0. The van der Waals surface area contributed by atoms with Crippen LogP contribution < -0.4 is 5.32 Å². The number of benzene rings is 2. The predicted molar refractivity (Wildman–Crippen MR) is 102 cm³/mol. The van der Waals surface area contributed by atoms with Crippen molar-refractivity contribution in [3.05, 3.63) is 65.4 Å². The number of hydrogen-bond acceptors (Lipinski definition) is 2. The fourth-order valence-corrected chi connectivity index (χ4v) is 3.66. The van der Waals surface area contributed by atoms with Crippen LogP contribution in [-0.2, 0) is 19.3 Å². The van der Waals surface area contributed by atoms with E-state index in [4.69, 9.17) is 4.98 Å². The number of para-hydroxylation sites is 1. The standard InChI is InChI=1S/C22H24N2/c1-2-16-12-14-17(15-13-16)23-22-18-8-4-3-5-10-20(18)24-21-11-7-6-9-19(21)22/h6-7,9,11-15H,2-5,8,10H2,1H3,(H,23,24). The number of aromatic nitrogens is 1. The fraction of sp³-hybridized carbons (Fsp3) is 0.318. The number of nitrogens with one attached hydrogen (secondary N) is 1. The van der Waals surface area contributed by atoms with Gasteiger partial charge in [0.25, 0.3) is 0 Å². The van der Waals surface area contributed by atoms with E-state index in [9.17, 15) is 0 Å². The molecule has 1 aromatic heterocycles. The highest BCUT2D eigenvalue weighted by Crippen LogP contribution is 2.34. The highest BCUT2D eigenvalue weighted by molar-refractivity contribution is 5.95. The van der Waals surface area contributed by atoms with Gasteiger partial charge in [-0.2, -0.15) is 0 Å². The molecule has 0 saturated heterocycles. The molecule has 0 atom stereocenters. The zero-order chi connectivity index (χ0) is 16.4. The van der Waals surface area contributed by atoms with Gasteiger partial charge in [-0.25, -0.2) is 0 Å². The lowest BCUT2D eigenvalue weighted by Crippen LogP contribution is -2.03. The van der Waals surface area contributed by atoms with E-state index in [2.05, 4.69) is 60.8 Å². The summed E-state index contributed by atoms with van der Waals surface area (Å²) in [5, 5.41) is 4.95. The quantitative estimate of drug-likeness (QED) is 0.617. The third-order valence-corrected chi connectivity index (χ3v) is 5.05. The number of pyridine rings is 1. The SMILES string of the molecule is CCc1ccc(Nc2c3c(nc4ccccc24)CCCCC3)cc1. The molecule has 1 N–H and O–H groups in total. The maximum absolute atomic E-state index is 4.97. The molecule has 1 aliphatic rings. The van der Waals surface area contributed by atoms with Crippen LogP contribution in [0.25, 0.3) is 10.9 Å². The van der Waals surface area contributed by atoms with Crippen molar-refractivity contribution in [2.45, 2.75) is 45.4 Å². The summed E-state index contributed by atoms with van der Waals surface area (Å²) >= 11 is 0. The Balaban J connectivity index is 1.83. The smallest absolute Gasteiger partial charge is 0.0726 e. The average Bonchev–Trinajstić information content (AvgIpc) is 2.87. The molecule has 1 heterocycles. The Kier molecular flexibility index (Phi) is 4.20. The lowest BCUT2D eigenvalue weighted by molar-refractivity contribution is 0.709. The summed E-state index contributed by atoms with van der Waals surface area (Å²) in [5.74, 6) is 0. The van der Waals surface area contributed by atoms with Gasteiger partial charge in [-0.05, 0) is 61.4 Å². The minimum absolute atomic E-state index is 1.08. The molecule has 1 aliphatic carbocycles. The van der Waals surface area contributed by atoms with E-state index in [0.717, 1.165) is 30.5 Å². The summed E-state index contributed by atoms with van der Waals surface area (Å²) in [6.07, 6.45) is 7.12. The normalized spacial score (nSPS) is 14.2. The molecule has 0 spiro atoms. The van der Waals surface area contributed by atoms with E-state index in [1.807, 2.05) is 0 Å². The van der Waals surface area contributed by atoms with Gasteiger partial charge in [-0.1, -0.05) is 43.7 Å². The van der Waals surface area contributed by atoms with Gasteiger partial charge in [0.15, 0.2) is 0 Å². The zero-order valence-electron chi connectivity index (χ0n) is 14.3. The van der Waals surface area contributed by atoms with Gasteiger partial charge in [-0.15, -0.1) is 0 Å². The van der Waals surface area contributed by atoms with Crippen molar-refractivity contribution in [1.82, 2.24) is 4.98 Å². The first kappa shape index (κ1) is 15.2. The van der Waals surface area contributed by atoms with Gasteiger partial charge in [0, 0.05) is 16.8 Å². The Morgan fingerprint density at radius 2 is 1.71 bits per heavy atom. The van der Waals surface area contributed by atoms with E-state index < -0.39 is 0 Å². The average molecular weight is 316 g/mol. The van der Waals surface area contributed by atoms with Gasteiger partial charge in [0.05, 0.1) is 11.2 Å². The second-order valence-electron chi connectivity index (χ2n) is 6.67. The van der Waals surface area contributed by atoms with Crippen LogP contribution in [0.1, 0.15) is 43.0 Å². The Labute approximate surface area is 143 Å². The topological polar surface area (TPSA) is 24.9 Å². The second-order valence-corrected chi connectivity index (χ2v) is 6.67. The number of hydrogen-bond donors (Lipinski definition) is 1. The van der Waals surface area contributed by atoms with Gasteiger partial charge >= 0.3 is 0 Å². The molecule has 2 nitrogen and oxygen atoms in total. The van der Waals surface area contributed by atoms with E-state index in [1.54, 1.807) is 0 Å². The Morgan fingerprint density at radius 1 is 0.917 bits per heavy atom. The summed E-state index contributed by atoms with van der Waals surface area (Å²) in [6, 6.07) is 17.3. The lowest BCUT2D eigenvalue weighted by Gasteiger charge is -2.17. The van der Waals surface area contributed by atoms with Crippen LogP contribution >= 0.6 is 0 Å². The second kappa shape index (κ2) is 6.64. The van der Waals surface area contributed by atoms with Crippen LogP contribution in [0.2, 0.25) is 0 Å². The van der Waals surface area contributed by atoms with Crippen LogP contribution in [0.5, 0.6) is 0 Å². The van der Waals surface area contributed by atoms with Crippen molar-refractivity contribution in [1.29, 1.82) is 0 Å². The third kappa shape index (κ3) is 2.89. The molecule has 3 aromatic rings. The molecule has 2 aromatic carbocycles. The van der Waals surface area contributed by atoms with E-state index in [1.165, 1.54) is 47.2 Å². The fourth-order valence-electron chi connectivity index (χ4n) is 3.66. The van der Waals surface area contributed by atoms with Crippen molar-refractivity contribution in [2.75, 3.05) is 5.32 Å². The Bertz CT molecular complexity index is 850. The maximum Gasteiger partial charge on any atom is 0.0726 e. The minimum Gasteiger partial charge on any atom is -0.355 e. The predicted octanol–water partition coefficient (Wildman–Crippen LogP) is 5.81. The monoisotopic (exact) mass is 316 g/mol. The first-order valence-electron chi connectivity index (χ1n) is 9.11. The number of aryl methyl sites for hydroxylation is 2. The number of anilines is 2. The molecule has 0 saturated carbocycles. The van der Waals surface area contributed by atoms with Gasteiger partial charge < -0.3 is 5.32 Å². The highest BCUT2D eigenvalue weighted by Gasteiger charge is 2.17. The molecule has 0 aliphatic heterocycles.